The zero-order chi connectivity index (χ0) is 18.1. The van der Waals surface area contributed by atoms with Crippen molar-refractivity contribution in [1.29, 1.82) is 0 Å². The summed E-state index contributed by atoms with van der Waals surface area (Å²) in [7, 11) is -3.22. The van der Waals surface area contributed by atoms with E-state index in [1.165, 1.54) is 4.31 Å². The van der Waals surface area contributed by atoms with E-state index >= 15 is 0 Å². The van der Waals surface area contributed by atoms with Crippen molar-refractivity contribution in [2.75, 3.05) is 16.6 Å². The van der Waals surface area contributed by atoms with Gasteiger partial charge in [-0.15, -0.1) is 0 Å². The maximum absolute atomic E-state index is 12.4. The summed E-state index contributed by atoms with van der Waals surface area (Å²) in [6.45, 7) is 0.791. The number of nitrogens with zero attached hydrogens (tertiary/aromatic N) is 2. The number of amides is 1. The average molecular weight is 370 g/mol. The number of fused-ring (bicyclic) bond motifs is 1. The van der Waals surface area contributed by atoms with Crippen molar-refractivity contribution >= 4 is 32.5 Å². The molecular formula is C18H18N4O3S. The van der Waals surface area contributed by atoms with Crippen LogP contribution in [0.15, 0.2) is 48.5 Å². The Bertz CT molecular complexity index is 1070. The summed E-state index contributed by atoms with van der Waals surface area (Å²) < 4.78 is 25.6. The maximum atomic E-state index is 12.4. The van der Waals surface area contributed by atoms with Crippen LogP contribution in [-0.4, -0.2) is 36.8 Å². The molecule has 0 saturated carbocycles. The summed E-state index contributed by atoms with van der Waals surface area (Å²) in [4.78, 5) is 12.4. The monoisotopic (exact) mass is 370 g/mol. The minimum absolute atomic E-state index is 0.181. The molecule has 1 fully saturated rings. The van der Waals surface area contributed by atoms with E-state index in [-0.39, 0.29) is 11.7 Å². The predicted molar refractivity (Wildman–Crippen MR) is 99.5 cm³/mol. The molecule has 0 aliphatic carbocycles. The molecule has 1 aliphatic rings. The molecule has 1 aromatic heterocycles. The Hall–Kier alpha value is -2.87. The molecule has 0 radical (unpaired) electrons. The van der Waals surface area contributed by atoms with Gasteiger partial charge in [0.25, 0.3) is 5.91 Å². The van der Waals surface area contributed by atoms with Crippen LogP contribution in [0, 0.1) is 0 Å². The highest BCUT2D eigenvalue weighted by Gasteiger charge is 2.28. The van der Waals surface area contributed by atoms with Gasteiger partial charge in [-0.2, -0.15) is 5.10 Å². The molecule has 0 atom stereocenters. The number of nitrogens with one attached hydrogen (secondary N) is 2. The average Bonchev–Trinajstić information content (AvgIpc) is 3.22. The molecule has 8 heteroatoms. The molecule has 1 aliphatic heterocycles. The minimum Gasteiger partial charge on any atom is -0.347 e. The maximum Gasteiger partial charge on any atom is 0.272 e. The lowest BCUT2D eigenvalue weighted by atomic mass is 10.1. The molecule has 3 aromatic rings. The zero-order valence-electron chi connectivity index (χ0n) is 14.0. The van der Waals surface area contributed by atoms with Gasteiger partial charge in [0.2, 0.25) is 10.0 Å². The molecule has 0 unspecified atom stereocenters. The van der Waals surface area contributed by atoms with Crippen molar-refractivity contribution in [2.45, 2.75) is 13.0 Å². The van der Waals surface area contributed by atoms with Gasteiger partial charge >= 0.3 is 0 Å². The minimum atomic E-state index is -3.22. The van der Waals surface area contributed by atoms with Gasteiger partial charge in [-0.3, -0.25) is 14.2 Å². The highest BCUT2D eigenvalue weighted by atomic mass is 32.2. The standard InChI is InChI=1S/C18H18N4O3S/c23-18(17-15-7-1-2-8-16(15)20-21-17)19-12-13-5-3-6-14(11-13)22-9-4-10-26(22,24)25/h1-3,5-8,11H,4,9-10,12H2,(H,19,23)(H,20,21). The Balaban J connectivity index is 1.50. The lowest BCUT2D eigenvalue weighted by Gasteiger charge is -2.17. The highest BCUT2D eigenvalue weighted by molar-refractivity contribution is 7.93. The van der Waals surface area contributed by atoms with Crippen LogP contribution in [0.3, 0.4) is 0 Å². The number of para-hydroxylation sites is 1. The number of hydrogen-bond donors (Lipinski definition) is 2. The van der Waals surface area contributed by atoms with Gasteiger partial charge in [-0.05, 0) is 30.2 Å². The molecule has 0 spiro atoms. The van der Waals surface area contributed by atoms with Crippen LogP contribution in [0.25, 0.3) is 10.9 Å². The Morgan fingerprint density at radius 3 is 2.85 bits per heavy atom. The normalized spacial score (nSPS) is 16.1. The smallest absolute Gasteiger partial charge is 0.272 e. The first-order valence-electron chi connectivity index (χ1n) is 8.35. The van der Waals surface area contributed by atoms with Crippen LogP contribution in [-0.2, 0) is 16.6 Å². The van der Waals surface area contributed by atoms with E-state index < -0.39 is 10.0 Å². The van der Waals surface area contributed by atoms with E-state index in [0.29, 0.717) is 30.9 Å². The molecule has 1 saturated heterocycles. The van der Waals surface area contributed by atoms with Crippen LogP contribution in [0.5, 0.6) is 0 Å². The molecule has 4 rings (SSSR count). The van der Waals surface area contributed by atoms with E-state index in [2.05, 4.69) is 15.5 Å². The number of hydrogen-bond acceptors (Lipinski definition) is 4. The van der Waals surface area contributed by atoms with Crippen LogP contribution in [0.4, 0.5) is 5.69 Å². The number of rotatable bonds is 4. The Morgan fingerprint density at radius 2 is 2.04 bits per heavy atom. The van der Waals surface area contributed by atoms with Crippen molar-refractivity contribution < 1.29 is 13.2 Å². The predicted octanol–water partition coefficient (Wildman–Crippen LogP) is 2.03. The second-order valence-corrected chi connectivity index (χ2v) is 8.22. The summed E-state index contributed by atoms with van der Waals surface area (Å²) >= 11 is 0. The van der Waals surface area contributed by atoms with Crippen LogP contribution in [0.2, 0.25) is 0 Å². The number of benzene rings is 2. The number of anilines is 1. The Labute approximate surface area is 151 Å². The van der Waals surface area contributed by atoms with Gasteiger partial charge in [0.05, 0.1) is 17.0 Å². The van der Waals surface area contributed by atoms with Gasteiger partial charge in [-0.25, -0.2) is 8.42 Å². The Morgan fingerprint density at radius 1 is 1.19 bits per heavy atom. The van der Waals surface area contributed by atoms with Crippen LogP contribution < -0.4 is 9.62 Å². The topological polar surface area (TPSA) is 95.2 Å². The first-order chi connectivity index (χ1) is 12.5. The highest BCUT2D eigenvalue weighted by Crippen LogP contribution is 2.24. The second kappa shape index (κ2) is 6.45. The van der Waals surface area contributed by atoms with E-state index in [4.69, 9.17) is 0 Å². The van der Waals surface area contributed by atoms with Gasteiger partial charge < -0.3 is 5.32 Å². The molecule has 7 nitrogen and oxygen atoms in total. The van der Waals surface area contributed by atoms with Gasteiger partial charge in [0.1, 0.15) is 0 Å². The molecule has 134 valence electrons. The number of H-pyrrole nitrogens is 1. The van der Waals surface area contributed by atoms with Crippen molar-refractivity contribution in [1.82, 2.24) is 15.5 Å². The fourth-order valence-electron chi connectivity index (χ4n) is 3.15. The lowest BCUT2D eigenvalue weighted by molar-refractivity contribution is 0.0947. The number of sulfonamides is 1. The molecule has 2 aromatic carbocycles. The van der Waals surface area contributed by atoms with E-state index in [1.807, 2.05) is 30.3 Å². The van der Waals surface area contributed by atoms with Crippen LogP contribution in [0.1, 0.15) is 22.5 Å². The summed E-state index contributed by atoms with van der Waals surface area (Å²) in [6, 6.07) is 14.7. The largest absolute Gasteiger partial charge is 0.347 e. The number of aromatic nitrogens is 2. The van der Waals surface area contributed by atoms with Crippen molar-refractivity contribution in [3.63, 3.8) is 0 Å². The van der Waals surface area contributed by atoms with Crippen molar-refractivity contribution in [2.24, 2.45) is 0 Å². The van der Waals surface area contributed by atoms with Gasteiger partial charge in [-0.1, -0.05) is 30.3 Å². The van der Waals surface area contributed by atoms with Crippen molar-refractivity contribution in [3.05, 3.63) is 59.8 Å². The number of aromatic amines is 1. The molecular weight excluding hydrogens is 352 g/mol. The summed E-state index contributed by atoms with van der Waals surface area (Å²) in [5, 5.41) is 10.5. The SMILES string of the molecule is O=C(NCc1cccc(N2CCCS2(=O)=O)c1)c1n[nH]c2ccccc12. The zero-order valence-corrected chi connectivity index (χ0v) is 14.8. The van der Waals surface area contributed by atoms with Crippen molar-refractivity contribution in [3.8, 4) is 0 Å². The summed E-state index contributed by atoms with van der Waals surface area (Å²) in [5.74, 6) is -0.0955. The first kappa shape index (κ1) is 16.6. The first-order valence-corrected chi connectivity index (χ1v) is 9.96. The molecule has 2 N–H and O–H groups in total. The molecule has 0 bridgehead atoms. The number of carbonyl (C=O) groups excluding carboxylic acids is 1. The number of carbonyl (C=O) groups is 1. The van der Waals surface area contributed by atoms with Gasteiger partial charge in [0.15, 0.2) is 5.69 Å². The van der Waals surface area contributed by atoms with E-state index in [1.54, 1.807) is 18.2 Å². The summed E-state index contributed by atoms with van der Waals surface area (Å²) in [5.41, 5.74) is 2.62. The van der Waals surface area contributed by atoms with E-state index in [0.717, 1.165) is 16.5 Å². The molecule has 26 heavy (non-hydrogen) atoms. The van der Waals surface area contributed by atoms with Crippen LogP contribution >= 0.6 is 0 Å². The third kappa shape index (κ3) is 3.03. The Kier molecular flexibility index (Phi) is 4.12. The third-order valence-electron chi connectivity index (χ3n) is 4.44. The quantitative estimate of drug-likeness (QED) is 0.735. The summed E-state index contributed by atoms with van der Waals surface area (Å²) in [6.07, 6.45) is 0.634. The fourth-order valence-corrected chi connectivity index (χ4v) is 4.71. The fraction of sp³-hybridized carbons (Fsp3) is 0.222. The lowest BCUT2D eigenvalue weighted by Crippen LogP contribution is -2.26. The van der Waals surface area contributed by atoms with Gasteiger partial charge in [0, 0.05) is 18.5 Å². The molecule has 1 amide bonds. The molecule has 2 heterocycles. The van der Waals surface area contributed by atoms with E-state index in [9.17, 15) is 13.2 Å². The second-order valence-electron chi connectivity index (χ2n) is 6.21. The third-order valence-corrected chi connectivity index (χ3v) is 6.31.